The zero-order chi connectivity index (χ0) is 14.6. The lowest BCUT2D eigenvalue weighted by Crippen LogP contribution is -2.31. The molecule has 2 unspecified atom stereocenters. The van der Waals surface area contributed by atoms with Crippen LogP contribution in [-0.2, 0) is 0 Å². The van der Waals surface area contributed by atoms with Gasteiger partial charge in [-0.25, -0.2) is 4.39 Å². The fourth-order valence-corrected chi connectivity index (χ4v) is 2.09. The van der Waals surface area contributed by atoms with E-state index >= 15 is 0 Å². The number of aliphatic hydroxyl groups is 1. The highest BCUT2D eigenvalue weighted by atomic mass is 19.1. The van der Waals surface area contributed by atoms with Crippen LogP contribution in [0.1, 0.15) is 51.3 Å². The van der Waals surface area contributed by atoms with Gasteiger partial charge in [-0.3, -0.25) is 0 Å². The van der Waals surface area contributed by atoms with Crippen molar-refractivity contribution in [2.45, 2.75) is 53.2 Å². The molecule has 0 fully saturated rings. The summed E-state index contributed by atoms with van der Waals surface area (Å²) >= 11 is 0. The summed E-state index contributed by atoms with van der Waals surface area (Å²) < 4.78 is 13.5. The second-order valence-electron chi connectivity index (χ2n) is 6.56. The average Bonchev–Trinajstić information content (AvgIpc) is 2.27. The average molecular weight is 267 g/mol. The molecule has 0 bridgehead atoms. The zero-order valence-electron chi connectivity index (χ0n) is 12.6. The molecule has 1 rings (SSSR count). The Labute approximate surface area is 116 Å². The molecule has 108 valence electrons. The van der Waals surface area contributed by atoms with Gasteiger partial charge in [0.05, 0.1) is 6.10 Å². The number of benzene rings is 1. The number of hydrogen-bond donors (Lipinski definition) is 2. The molecule has 0 heterocycles. The van der Waals surface area contributed by atoms with Crippen molar-refractivity contribution in [3.05, 3.63) is 35.1 Å². The van der Waals surface area contributed by atoms with Gasteiger partial charge in [0.15, 0.2) is 0 Å². The summed E-state index contributed by atoms with van der Waals surface area (Å²) in [6.07, 6.45) is 0.368. The molecule has 0 aliphatic rings. The third-order valence-corrected chi connectivity index (χ3v) is 3.20. The highest BCUT2D eigenvalue weighted by Gasteiger charge is 2.17. The molecule has 1 aromatic rings. The van der Waals surface area contributed by atoms with Crippen LogP contribution < -0.4 is 5.32 Å². The van der Waals surface area contributed by atoms with Crippen LogP contribution >= 0.6 is 0 Å². The molecule has 2 atom stereocenters. The van der Waals surface area contributed by atoms with Crippen molar-refractivity contribution in [3.8, 4) is 0 Å². The van der Waals surface area contributed by atoms with Crippen molar-refractivity contribution in [1.82, 2.24) is 5.32 Å². The molecule has 1 aromatic carbocycles. The first-order valence-corrected chi connectivity index (χ1v) is 6.86. The van der Waals surface area contributed by atoms with Crippen molar-refractivity contribution in [1.29, 1.82) is 0 Å². The second-order valence-corrected chi connectivity index (χ2v) is 6.56. The van der Waals surface area contributed by atoms with Gasteiger partial charge in [-0.05, 0) is 42.9 Å². The van der Waals surface area contributed by atoms with Crippen LogP contribution in [0.2, 0.25) is 0 Å². The Hall–Kier alpha value is -0.930. The van der Waals surface area contributed by atoms with E-state index in [4.69, 9.17) is 0 Å². The maximum atomic E-state index is 13.5. The number of nitrogens with one attached hydrogen (secondary N) is 1. The van der Waals surface area contributed by atoms with Gasteiger partial charge < -0.3 is 10.4 Å². The summed E-state index contributed by atoms with van der Waals surface area (Å²) in [5.74, 6) is -0.179. The quantitative estimate of drug-likeness (QED) is 0.854. The molecule has 0 aliphatic heterocycles. The van der Waals surface area contributed by atoms with Gasteiger partial charge in [-0.2, -0.15) is 0 Å². The molecule has 3 heteroatoms. The molecule has 19 heavy (non-hydrogen) atoms. The minimum absolute atomic E-state index is 0.0321. The lowest BCUT2D eigenvalue weighted by Gasteiger charge is -2.24. The van der Waals surface area contributed by atoms with Gasteiger partial charge in [0, 0.05) is 12.6 Å². The van der Waals surface area contributed by atoms with Crippen molar-refractivity contribution in [3.63, 3.8) is 0 Å². The van der Waals surface area contributed by atoms with Crippen LogP contribution in [0.5, 0.6) is 0 Å². The Morgan fingerprint density at radius 1 is 1.32 bits per heavy atom. The monoisotopic (exact) mass is 267 g/mol. The zero-order valence-corrected chi connectivity index (χ0v) is 12.6. The highest BCUT2D eigenvalue weighted by Crippen LogP contribution is 2.21. The maximum Gasteiger partial charge on any atom is 0.126 e. The number of halogens is 1. The summed E-state index contributed by atoms with van der Waals surface area (Å²) in [7, 11) is 0. The van der Waals surface area contributed by atoms with Crippen LogP contribution in [-0.4, -0.2) is 17.8 Å². The first-order valence-electron chi connectivity index (χ1n) is 6.86. The highest BCUT2D eigenvalue weighted by molar-refractivity contribution is 5.25. The summed E-state index contributed by atoms with van der Waals surface area (Å²) in [6, 6.07) is 5.30. The van der Waals surface area contributed by atoms with E-state index in [0.717, 1.165) is 12.0 Å². The van der Waals surface area contributed by atoms with Crippen molar-refractivity contribution in [2.24, 2.45) is 5.41 Å². The molecular weight excluding hydrogens is 241 g/mol. The van der Waals surface area contributed by atoms with E-state index in [2.05, 4.69) is 26.1 Å². The van der Waals surface area contributed by atoms with E-state index < -0.39 is 0 Å². The lowest BCUT2D eigenvalue weighted by atomic mass is 9.89. The normalized spacial score (nSPS) is 15.3. The lowest BCUT2D eigenvalue weighted by molar-refractivity contribution is 0.117. The Morgan fingerprint density at radius 3 is 2.47 bits per heavy atom. The van der Waals surface area contributed by atoms with Crippen LogP contribution in [0.25, 0.3) is 0 Å². The number of rotatable bonds is 5. The van der Waals surface area contributed by atoms with Crippen molar-refractivity contribution in [2.75, 3.05) is 6.54 Å². The SMILES string of the molecule is Cc1ccc(C(C)NCC(O)CC(C)(C)C)cc1F. The van der Waals surface area contributed by atoms with E-state index in [1.807, 2.05) is 13.0 Å². The summed E-state index contributed by atoms with van der Waals surface area (Å²) in [5, 5.41) is 13.2. The van der Waals surface area contributed by atoms with E-state index in [9.17, 15) is 9.50 Å². The first kappa shape index (κ1) is 16.1. The summed E-state index contributed by atoms with van der Waals surface area (Å²) in [6.45, 7) is 10.6. The topological polar surface area (TPSA) is 32.3 Å². The first-order chi connectivity index (χ1) is 8.69. The number of aryl methyl sites for hydroxylation is 1. The largest absolute Gasteiger partial charge is 0.392 e. The van der Waals surface area contributed by atoms with Crippen LogP contribution in [0.4, 0.5) is 4.39 Å². The minimum atomic E-state index is -0.377. The molecule has 0 amide bonds. The van der Waals surface area contributed by atoms with Crippen LogP contribution in [0, 0.1) is 18.2 Å². The third-order valence-electron chi connectivity index (χ3n) is 3.20. The number of hydrogen-bond acceptors (Lipinski definition) is 2. The predicted molar refractivity (Wildman–Crippen MR) is 77.6 cm³/mol. The van der Waals surface area contributed by atoms with Crippen LogP contribution in [0.3, 0.4) is 0 Å². The smallest absolute Gasteiger partial charge is 0.126 e. The Kier molecular flexibility index (Phi) is 5.50. The van der Waals surface area contributed by atoms with E-state index in [-0.39, 0.29) is 23.4 Å². The van der Waals surface area contributed by atoms with E-state index in [0.29, 0.717) is 12.1 Å². The molecule has 0 spiro atoms. The maximum absolute atomic E-state index is 13.5. The second kappa shape index (κ2) is 6.49. The van der Waals surface area contributed by atoms with E-state index in [1.54, 1.807) is 19.1 Å². The Balaban J connectivity index is 2.51. The van der Waals surface area contributed by atoms with Crippen molar-refractivity contribution >= 4 is 0 Å². The molecule has 2 nitrogen and oxygen atoms in total. The van der Waals surface area contributed by atoms with Gasteiger partial charge >= 0.3 is 0 Å². The molecule has 0 saturated heterocycles. The van der Waals surface area contributed by atoms with Gasteiger partial charge in [0.2, 0.25) is 0 Å². The summed E-state index contributed by atoms with van der Waals surface area (Å²) in [4.78, 5) is 0. The van der Waals surface area contributed by atoms with E-state index in [1.165, 1.54) is 0 Å². The fourth-order valence-electron chi connectivity index (χ4n) is 2.09. The minimum Gasteiger partial charge on any atom is -0.392 e. The summed E-state index contributed by atoms with van der Waals surface area (Å²) in [5.41, 5.74) is 1.68. The van der Waals surface area contributed by atoms with Gasteiger partial charge in [-0.1, -0.05) is 32.9 Å². The van der Waals surface area contributed by atoms with Gasteiger partial charge in [0.25, 0.3) is 0 Å². The third kappa shape index (κ3) is 5.70. The molecule has 0 aromatic heterocycles. The Bertz CT molecular complexity index is 412. The van der Waals surface area contributed by atoms with Gasteiger partial charge in [-0.15, -0.1) is 0 Å². The Morgan fingerprint density at radius 2 is 1.95 bits per heavy atom. The molecule has 0 aliphatic carbocycles. The number of aliphatic hydroxyl groups excluding tert-OH is 1. The van der Waals surface area contributed by atoms with Crippen molar-refractivity contribution < 1.29 is 9.50 Å². The van der Waals surface area contributed by atoms with Gasteiger partial charge in [0.1, 0.15) is 5.82 Å². The standard InChI is InChI=1S/C16H26FNO/c1-11-6-7-13(8-15(11)17)12(2)18-10-14(19)9-16(3,4)5/h6-8,12,14,18-19H,9-10H2,1-5H3. The molecule has 0 radical (unpaired) electrons. The molecule has 0 saturated carbocycles. The molecule has 2 N–H and O–H groups in total. The molecular formula is C16H26FNO. The van der Waals surface area contributed by atoms with Crippen LogP contribution in [0.15, 0.2) is 18.2 Å². The predicted octanol–water partition coefficient (Wildman–Crippen LogP) is 3.58. The fraction of sp³-hybridized carbons (Fsp3) is 0.625.